The summed E-state index contributed by atoms with van der Waals surface area (Å²) >= 11 is 7.58. The van der Waals surface area contributed by atoms with E-state index in [0.29, 0.717) is 0 Å². The highest BCUT2D eigenvalue weighted by molar-refractivity contribution is 7.09. The van der Waals surface area contributed by atoms with Crippen LogP contribution in [0.3, 0.4) is 0 Å². The summed E-state index contributed by atoms with van der Waals surface area (Å²) in [6.45, 7) is 8.97. The first kappa shape index (κ1) is 11.7. The number of rotatable bonds is 3. The molecule has 0 radical (unpaired) electrons. The Bertz CT molecular complexity index is 292. The Morgan fingerprint density at radius 2 is 2.14 bits per heavy atom. The van der Waals surface area contributed by atoms with E-state index in [2.05, 4.69) is 35.4 Å². The van der Waals surface area contributed by atoms with Gasteiger partial charge in [-0.1, -0.05) is 20.8 Å². The molecule has 0 bridgehead atoms. The van der Waals surface area contributed by atoms with Gasteiger partial charge in [-0.15, -0.1) is 11.6 Å². The first-order valence-corrected chi connectivity index (χ1v) is 5.79. The van der Waals surface area contributed by atoms with E-state index in [0.717, 1.165) is 17.5 Å². The molecular formula is C9H16ClN3S. The second-order valence-corrected chi connectivity index (χ2v) is 5.64. The van der Waals surface area contributed by atoms with Gasteiger partial charge in [0, 0.05) is 18.1 Å². The first-order valence-electron chi connectivity index (χ1n) is 4.58. The van der Waals surface area contributed by atoms with Crippen LogP contribution in [0.1, 0.15) is 26.6 Å². The van der Waals surface area contributed by atoms with Crippen LogP contribution in [0, 0.1) is 12.3 Å². The van der Waals surface area contributed by atoms with Crippen LogP contribution >= 0.6 is 23.1 Å². The number of hydrogen-bond acceptors (Lipinski definition) is 4. The smallest absolute Gasteiger partial charge is 0.202 e. The van der Waals surface area contributed by atoms with Crippen LogP contribution in [0.25, 0.3) is 0 Å². The van der Waals surface area contributed by atoms with Gasteiger partial charge in [-0.2, -0.15) is 4.37 Å². The number of aryl methyl sites for hydroxylation is 1. The molecule has 0 amide bonds. The molecule has 1 N–H and O–H groups in total. The largest absolute Gasteiger partial charge is 0.359 e. The number of aromatic nitrogens is 2. The molecule has 0 fully saturated rings. The van der Waals surface area contributed by atoms with Crippen molar-refractivity contribution >= 4 is 28.3 Å². The average Bonchev–Trinajstić information content (AvgIpc) is 2.45. The summed E-state index contributed by atoms with van der Waals surface area (Å²) in [5, 5.41) is 4.12. The Balaban J connectivity index is 2.41. The summed E-state index contributed by atoms with van der Waals surface area (Å²) < 4.78 is 4.08. The molecule has 1 rings (SSSR count). The quantitative estimate of drug-likeness (QED) is 0.816. The zero-order chi connectivity index (χ0) is 10.8. The molecule has 0 aromatic carbocycles. The fourth-order valence-corrected chi connectivity index (χ4v) is 1.51. The third kappa shape index (κ3) is 3.42. The van der Waals surface area contributed by atoms with Gasteiger partial charge in [-0.3, -0.25) is 0 Å². The van der Waals surface area contributed by atoms with Gasteiger partial charge in [-0.05, 0) is 12.3 Å². The molecule has 14 heavy (non-hydrogen) atoms. The molecule has 0 saturated heterocycles. The summed E-state index contributed by atoms with van der Waals surface area (Å²) in [6, 6.07) is 0. The standard InChI is InChI=1S/C9H16ClN3S/c1-6-12-8(14-13-6)11-5-7(10)9(2,3)4/h7H,5H2,1-4H3,(H,11,12,13). The van der Waals surface area contributed by atoms with Gasteiger partial charge in [0.2, 0.25) is 5.13 Å². The van der Waals surface area contributed by atoms with E-state index in [1.807, 2.05) is 6.92 Å². The molecule has 3 nitrogen and oxygen atoms in total. The third-order valence-corrected chi connectivity index (χ3v) is 3.47. The molecule has 1 heterocycles. The molecule has 1 unspecified atom stereocenters. The van der Waals surface area contributed by atoms with E-state index < -0.39 is 0 Å². The van der Waals surface area contributed by atoms with Gasteiger partial charge in [-0.25, -0.2) is 4.98 Å². The highest BCUT2D eigenvalue weighted by Gasteiger charge is 2.22. The van der Waals surface area contributed by atoms with Crippen LogP contribution in [0.2, 0.25) is 0 Å². The van der Waals surface area contributed by atoms with E-state index in [1.54, 1.807) is 0 Å². The van der Waals surface area contributed by atoms with Crippen molar-refractivity contribution in [3.8, 4) is 0 Å². The highest BCUT2D eigenvalue weighted by Crippen LogP contribution is 2.24. The van der Waals surface area contributed by atoms with Crippen molar-refractivity contribution in [2.75, 3.05) is 11.9 Å². The normalized spacial score (nSPS) is 14.1. The summed E-state index contributed by atoms with van der Waals surface area (Å²) in [4.78, 5) is 4.20. The molecule has 1 aromatic rings. The zero-order valence-electron chi connectivity index (χ0n) is 8.97. The molecule has 0 aliphatic carbocycles. The number of hydrogen-bond donors (Lipinski definition) is 1. The number of nitrogens with one attached hydrogen (secondary N) is 1. The lowest BCUT2D eigenvalue weighted by Crippen LogP contribution is -2.28. The lowest BCUT2D eigenvalue weighted by molar-refractivity contribution is 0.397. The second kappa shape index (κ2) is 4.45. The lowest BCUT2D eigenvalue weighted by Gasteiger charge is -2.24. The van der Waals surface area contributed by atoms with Crippen molar-refractivity contribution in [1.29, 1.82) is 0 Å². The molecule has 5 heteroatoms. The lowest BCUT2D eigenvalue weighted by atomic mass is 9.92. The van der Waals surface area contributed by atoms with Crippen LogP contribution in [-0.4, -0.2) is 21.3 Å². The Labute approximate surface area is 94.1 Å². The number of alkyl halides is 1. The minimum absolute atomic E-state index is 0.0895. The third-order valence-electron chi connectivity index (χ3n) is 1.90. The predicted molar refractivity (Wildman–Crippen MR) is 62.2 cm³/mol. The summed E-state index contributed by atoms with van der Waals surface area (Å²) in [5.74, 6) is 0.805. The Morgan fingerprint density at radius 1 is 1.50 bits per heavy atom. The van der Waals surface area contributed by atoms with E-state index in [1.165, 1.54) is 11.5 Å². The zero-order valence-corrected chi connectivity index (χ0v) is 10.5. The van der Waals surface area contributed by atoms with Crippen molar-refractivity contribution in [2.45, 2.75) is 33.1 Å². The van der Waals surface area contributed by atoms with Gasteiger partial charge < -0.3 is 5.32 Å². The monoisotopic (exact) mass is 233 g/mol. The van der Waals surface area contributed by atoms with Crippen molar-refractivity contribution in [1.82, 2.24) is 9.36 Å². The Kier molecular flexibility index (Phi) is 3.72. The van der Waals surface area contributed by atoms with Gasteiger partial charge in [0.25, 0.3) is 0 Å². The molecule has 1 atom stereocenters. The number of halogens is 1. The predicted octanol–water partition coefficient (Wildman–Crippen LogP) is 2.91. The summed E-state index contributed by atoms with van der Waals surface area (Å²) in [7, 11) is 0. The van der Waals surface area contributed by atoms with Gasteiger partial charge >= 0.3 is 0 Å². The molecular weight excluding hydrogens is 218 g/mol. The maximum Gasteiger partial charge on any atom is 0.202 e. The molecule has 0 aliphatic rings. The van der Waals surface area contributed by atoms with E-state index in [-0.39, 0.29) is 10.8 Å². The van der Waals surface area contributed by atoms with E-state index >= 15 is 0 Å². The van der Waals surface area contributed by atoms with Crippen LogP contribution in [0.4, 0.5) is 5.13 Å². The molecule has 80 valence electrons. The fourth-order valence-electron chi connectivity index (χ4n) is 0.852. The highest BCUT2D eigenvalue weighted by atomic mass is 35.5. The first-order chi connectivity index (χ1) is 6.39. The molecule has 0 saturated carbocycles. The average molecular weight is 234 g/mol. The Hall–Kier alpha value is -0.350. The summed E-state index contributed by atoms with van der Waals surface area (Å²) in [6.07, 6.45) is 0. The molecule has 0 aliphatic heterocycles. The Morgan fingerprint density at radius 3 is 2.57 bits per heavy atom. The van der Waals surface area contributed by atoms with Crippen LogP contribution in [0.5, 0.6) is 0 Å². The van der Waals surface area contributed by atoms with E-state index in [9.17, 15) is 0 Å². The number of nitrogens with zero attached hydrogens (tertiary/aromatic N) is 2. The minimum Gasteiger partial charge on any atom is -0.359 e. The minimum atomic E-state index is 0.0895. The topological polar surface area (TPSA) is 37.8 Å². The van der Waals surface area contributed by atoms with Crippen LogP contribution < -0.4 is 5.32 Å². The SMILES string of the molecule is Cc1nsc(NCC(Cl)C(C)(C)C)n1. The molecule has 0 spiro atoms. The van der Waals surface area contributed by atoms with E-state index in [4.69, 9.17) is 11.6 Å². The fraction of sp³-hybridized carbons (Fsp3) is 0.778. The maximum absolute atomic E-state index is 6.21. The number of anilines is 1. The van der Waals surface area contributed by atoms with Gasteiger partial charge in [0.15, 0.2) is 0 Å². The van der Waals surface area contributed by atoms with Crippen molar-refractivity contribution in [2.24, 2.45) is 5.41 Å². The van der Waals surface area contributed by atoms with Gasteiger partial charge in [0.05, 0.1) is 5.38 Å². The van der Waals surface area contributed by atoms with Crippen molar-refractivity contribution in [3.05, 3.63) is 5.82 Å². The summed E-state index contributed by atoms with van der Waals surface area (Å²) in [5.41, 5.74) is 0.105. The van der Waals surface area contributed by atoms with Gasteiger partial charge in [0.1, 0.15) is 5.82 Å². The van der Waals surface area contributed by atoms with Crippen LogP contribution in [-0.2, 0) is 0 Å². The molecule has 1 aromatic heterocycles. The maximum atomic E-state index is 6.21. The van der Waals surface area contributed by atoms with Crippen LogP contribution in [0.15, 0.2) is 0 Å². The van der Waals surface area contributed by atoms with Crippen molar-refractivity contribution in [3.63, 3.8) is 0 Å². The van der Waals surface area contributed by atoms with Crippen molar-refractivity contribution < 1.29 is 0 Å². The second-order valence-electron chi connectivity index (χ2n) is 4.36.